The smallest absolute Gasteiger partial charge is 0.327 e. The summed E-state index contributed by atoms with van der Waals surface area (Å²) in [6.45, 7) is 3.69. The van der Waals surface area contributed by atoms with Gasteiger partial charge in [0.1, 0.15) is 5.54 Å². The van der Waals surface area contributed by atoms with Crippen LogP contribution in [0.3, 0.4) is 0 Å². The summed E-state index contributed by atoms with van der Waals surface area (Å²) < 4.78 is 0. The molecule has 0 saturated heterocycles. The molecular formula is C9H17N3O2. The second kappa shape index (κ2) is 5.39. The maximum atomic E-state index is 10.6. The third-order valence-electron chi connectivity index (χ3n) is 1.58. The topological polar surface area (TPSA) is 102 Å². The first kappa shape index (κ1) is 12.6. The fourth-order valence-electron chi connectivity index (χ4n) is 0.715. The summed E-state index contributed by atoms with van der Waals surface area (Å²) in [5.74, 6) is -0.528. The van der Waals surface area contributed by atoms with Crippen molar-refractivity contribution in [2.45, 2.75) is 25.8 Å². The van der Waals surface area contributed by atoms with Crippen molar-refractivity contribution in [2.75, 3.05) is 6.54 Å². The molecule has 0 aromatic carbocycles. The molecule has 0 spiro atoms. The summed E-state index contributed by atoms with van der Waals surface area (Å²) in [4.78, 5) is 14.5. The highest BCUT2D eigenvalue weighted by Gasteiger charge is 2.23. The van der Waals surface area contributed by atoms with Gasteiger partial charge in [0.2, 0.25) is 0 Å². The Labute approximate surface area is 83.5 Å². The van der Waals surface area contributed by atoms with Crippen LogP contribution in [-0.4, -0.2) is 29.0 Å². The first-order chi connectivity index (χ1) is 6.36. The Morgan fingerprint density at radius 1 is 1.64 bits per heavy atom. The Balaban J connectivity index is 3.95. The van der Waals surface area contributed by atoms with Gasteiger partial charge in [-0.1, -0.05) is 12.2 Å². The standard InChI is InChI=1S/C9H17N3O2/c1-7(10)12-6-4-3-5-9(2,11)8(13)14/h3,5H,4,6,11H2,1-2H3,(H2,10,12)(H,13,14)/t9-/m0/s1. The van der Waals surface area contributed by atoms with Gasteiger partial charge in [-0.15, -0.1) is 0 Å². The van der Waals surface area contributed by atoms with E-state index in [-0.39, 0.29) is 0 Å². The molecular weight excluding hydrogens is 182 g/mol. The molecule has 0 aromatic heterocycles. The molecule has 0 unspecified atom stereocenters. The Bertz CT molecular complexity index is 253. The second-order valence-electron chi connectivity index (χ2n) is 3.30. The van der Waals surface area contributed by atoms with Gasteiger partial charge < -0.3 is 16.6 Å². The Morgan fingerprint density at radius 3 is 2.64 bits per heavy atom. The van der Waals surface area contributed by atoms with Crippen LogP contribution in [0.2, 0.25) is 0 Å². The van der Waals surface area contributed by atoms with Crippen LogP contribution >= 0.6 is 0 Å². The molecule has 5 heteroatoms. The Morgan fingerprint density at radius 2 is 2.21 bits per heavy atom. The fourth-order valence-corrected chi connectivity index (χ4v) is 0.715. The molecule has 0 aliphatic rings. The van der Waals surface area contributed by atoms with Gasteiger partial charge in [0.05, 0.1) is 5.84 Å². The lowest BCUT2D eigenvalue weighted by Gasteiger charge is -2.12. The van der Waals surface area contributed by atoms with Crippen molar-refractivity contribution in [3.8, 4) is 0 Å². The molecule has 0 aliphatic heterocycles. The molecule has 0 radical (unpaired) electrons. The van der Waals surface area contributed by atoms with E-state index in [1.807, 2.05) is 0 Å². The monoisotopic (exact) mass is 199 g/mol. The van der Waals surface area contributed by atoms with Crippen LogP contribution in [-0.2, 0) is 4.79 Å². The number of carbonyl (C=O) groups is 1. The summed E-state index contributed by atoms with van der Waals surface area (Å²) in [5.41, 5.74) is 9.47. The normalized spacial score (nSPS) is 16.9. The van der Waals surface area contributed by atoms with Crippen molar-refractivity contribution in [2.24, 2.45) is 16.5 Å². The maximum Gasteiger partial charge on any atom is 0.327 e. The SMILES string of the molecule is CC(N)=NCCC=C[C@](C)(N)C(=O)O. The zero-order valence-electron chi connectivity index (χ0n) is 8.53. The molecule has 0 saturated carbocycles. The molecule has 0 aromatic rings. The lowest BCUT2D eigenvalue weighted by atomic mass is 10.0. The van der Waals surface area contributed by atoms with E-state index in [0.717, 1.165) is 0 Å². The number of aliphatic imine (C=N–C) groups is 1. The van der Waals surface area contributed by atoms with Crippen LogP contribution in [0.15, 0.2) is 17.1 Å². The van der Waals surface area contributed by atoms with E-state index in [4.69, 9.17) is 16.6 Å². The summed E-state index contributed by atoms with van der Waals surface area (Å²) in [5, 5.41) is 8.66. The number of nitrogens with zero attached hydrogens (tertiary/aromatic N) is 1. The van der Waals surface area contributed by atoms with E-state index in [9.17, 15) is 4.79 Å². The molecule has 80 valence electrons. The average Bonchev–Trinajstić information content (AvgIpc) is 2.02. The van der Waals surface area contributed by atoms with Crippen molar-refractivity contribution in [3.05, 3.63) is 12.2 Å². The highest BCUT2D eigenvalue weighted by molar-refractivity contribution is 5.80. The third kappa shape index (κ3) is 5.31. The van der Waals surface area contributed by atoms with E-state index >= 15 is 0 Å². The quantitative estimate of drug-likeness (QED) is 0.253. The molecule has 5 N–H and O–H groups in total. The van der Waals surface area contributed by atoms with Gasteiger partial charge in [-0.3, -0.25) is 4.99 Å². The molecule has 0 bridgehead atoms. The predicted molar refractivity (Wildman–Crippen MR) is 56.1 cm³/mol. The Kier molecular flexibility index (Phi) is 4.86. The molecule has 5 nitrogen and oxygen atoms in total. The molecule has 0 amide bonds. The number of carboxylic acids is 1. The molecule has 0 heterocycles. The maximum absolute atomic E-state index is 10.6. The van der Waals surface area contributed by atoms with Crippen molar-refractivity contribution in [3.63, 3.8) is 0 Å². The first-order valence-electron chi connectivity index (χ1n) is 4.33. The van der Waals surface area contributed by atoms with Crippen LogP contribution in [0.1, 0.15) is 20.3 Å². The minimum absolute atomic E-state index is 0.521. The van der Waals surface area contributed by atoms with Gasteiger partial charge in [-0.05, 0) is 20.3 Å². The zero-order chi connectivity index (χ0) is 11.2. The van der Waals surface area contributed by atoms with Crippen molar-refractivity contribution >= 4 is 11.8 Å². The van der Waals surface area contributed by atoms with E-state index in [2.05, 4.69) is 4.99 Å². The second-order valence-corrected chi connectivity index (χ2v) is 3.30. The number of hydrogen-bond acceptors (Lipinski definition) is 3. The van der Waals surface area contributed by atoms with E-state index in [1.165, 1.54) is 13.0 Å². The molecule has 0 aliphatic carbocycles. The van der Waals surface area contributed by atoms with Crippen LogP contribution in [0.25, 0.3) is 0 Å². The largest absolute Gasteiger partial charge is 0.480 e. The summed E-state index contributed by atoms with van der Waals surface area (Å²) in [7, 11) is 0. The van der Waals surface area contributed by atoms with E-state index in [0.29, 0.717) is 18.8 Å². The highest BCUT2D eigenvalue weighted by Crippen LogP contribution is 2.02. The van der Waals surface area contributed by atoms with Crippen molar-refractivity contribution in [1.29, 1.82) is 0 Å². The van der Waals surface area contributed by atoms with Crippen molar-refractivity contribution in [1.82, 2.24) is 0 Å². The lowest BCUT2D eigenvalue weighted by molar-refractivity contribution is -0.140. The summed E-state index contributed by atoms with van der Waals surface area (Å²) in [6, 6.07) is 0. The average molecular weight is 199 g/mol. The number of hydrogen-bond donors (Lipinski definition) is 3. The van der Waals surface area contributed by atoms with Crippen LogP contribution in [0.4, 0.5) is 0 Å². The minimum Gasteiger partial charge on any atom is -0.480 e. The zero-order valence-corrected chi connectivity index (χ0v) is 8.53. The Hall–Kier alpha value is -1.36. The molecule has 14 heavy (non-hydrogen) atoms. The van der Waals surface area contributed by atoms with Gasteiger partial charge in [0.25, 0.3) is 0 Å². The van der Waals surface area contributed by atoms with Gasteiger partial charge in [-0.2, -0.15) is 0 Å². The molecule has 0 fully saturated rings. The highest BCUT2D eigenvalue weighted by atomic mass is 16.4. The van der Waals surface area contributed by atoms with Gasteiger partial charge >= 0.3 is 5.97 Å². The summed E-state index contributed by atoms with van der Waals surface area (Å²) >= 11 is 0. The van der Waals surface area contributed by atoms with Crippen LogP contribution < -0.4 is 11.5 Å². The third-order valence-corrected chi connectivity index (χ3v) is 1.58. The number of nitrogens with two attached hydrogens (primary N) is 2. The van der Waals surface area contributed by atoms with E-state index < -0.39 is 11.5 Å². The predicted octanol–water partition coefficient (Wildman–Crippen LogP) is 0.112. The van der Waals surface area contributed by atoms with Gasteiger partial charge in [0, 0.05) is 6.54 Å². The first-order valence-corrected chi connectivity index (χ1v) is 4.33. The van der Waals surface area contributed by atoms with Gasteiger partial charge in [-0.25, -0.2) is 4.79 Å². The fraction of sp³-hybridized carbons (Fsp3) is 0.556. The van der Waals surface area contributed by atoms with Crippen LogP contribution in [0, 0.1) is 0 Å². The lowest BCUT2D eigenvalue weighted by Crippen LogP contribution is -2.42. The van der Waals surface area contributed by atoms with Crippen LogP contribution in [0.5, 0.6) is 0 Å². The van der Waals surface area contributed by atoms with Gasteiger partial charge in [0.15, 0.2) is 0 Å². The minimum atomic E-state index is -1.30. The number of rotatable bonds is 5. The molecule has 1 atom stereocenters. The number of aliphatic carboxylic acids is 1. The number of amidine groups is 1. The van der Waals surface area contributed by atoms with Crippen molar-refractivity contribution < 1.29 is 9.90 Å². The summed E-state index contributed by atoms with van der Waals surface area (Å²) in [6.07, 6.45) is 3.78. The number of carboxylic acid groups (broad SMARTS) is 1. The molecule has 0 rings (SSSR count). The van der Waals surface area contributed by atoms with E-state index in [1.54, 1.807) is 13.0 Å².